The van der Waals surface area contributed by atoms with Crippen LogP contribution in [0.5, 0.6) is 0 Å². The number of rotatable bonds is 4. The fourth-order valence-electron chi connectivity index (χ4n) is 2.68. The maximum absolute atomic E-state index is 12.6. The highest BCUT2D eigenvalue weighted by Crippen LogP contribution is 2.38. The van der Waals surface area contributed by atoms with Gasteiger partial charge in [-0.1, -0.05) is 41.6 Å². The highest BCUT2D eigenvalue weighted by Gasteiger charge is 2.36. The lowest BCUT2D eigenvalue weighted by atomic mass is 9.96. The van der Waals surface area contributed by atoms with Crippen molar-refractivity contribution in [2.24, 2.45) is 0 Å². The molecule has 8 heteroatoms. The molecule has 0 amide bonds. The molecule has 126 valence electrons. The Bertz CT molecular complexity index is 818. The zero-order valence-electron chi connectivity index (χ0n) is 13.5. The number of carbonyl (C=O) groups excluding carboxylic acids is 1. The molecule has 0 spiro atoms. The molecule has 0 fully saturated rings. The van der Waals surface area contributed by atoms with Gasteiger partial charge in [-0.15, -0.1) is 5.10 Å². The van der Waals surface area contributed by atoms with Crippen LogP contribution in [0.3, 0.4) is 0 Å². The molecule has 1 atom stereocenters. The summed E-state index contributed by atoms with van der Waals surface area (Å²) < 4.78 is 6.93. The van der Waals surface area contributed by atoms with E-state index in [1.807, 2.05) is 31.4 Å². The van der Waals surface area contributed by atoms with Gasteiger partial charge in [0, 0.05) is 16.3 Å². The van der Waals surface area contributed by atoms with E-state index in [0.717, 1.165) is 5.56 Å². The number of esters is 1. The first-order valence-corrected chi connectivity index (χ1v) is 9.07. The van der Waals surface area contributed by atoms with E-state index >= 15 is 0 Å². The number of benzene rings is 1. The molecular weight excluding hydrogens is 348 g/mol. The van der Waals surface area contributed by atoms with Crippen LogP contribution in [-0.4, -0.2) is 33.6 Å². The number of hydrogen-bond acceptors (Lipinski definition) is 6. The van der Waals surface area contributed by atoms with Gasteiger partial charge in [-0.3, -0.25) is 0 Å². The number of nitrogens with one attached hydrogen (secondary N) is 1. The van der Waals surface area contributed by atoms with Crippen LogP contribution in [0, 0.1) is 0 Å². The van der Waals surface area contributed by atoms with Crippen LogP contribution in [0.25, 0.3) is 0 Å². The van der Waals surface area contributed by atoms with Crippen molar-refractivity contribution < 1.29 is 9.53 Å². The number of thioether (sulfide) groups is 1. The molecule has 0 saturated carbocycles. The van der Waals surface area contributed by atoms with Crippen LogP contribution in [-0.2, 0) is 9.53 Å². The molecule has 0 radical (unpaired) electrons. The molecule has 1 aliphatic heterocycles. The summed E-state index contributed by atoms with van der Waals surface area (Å²) in [5, 5.41) is 8.81. The van der Waals surface area contributed by atoms with Crippen LogP contribution in [0.1, 0.15) is 25.5 Å². The van der Waals surface area contributed by atoms with Crippen molar-refractivity contribution in [1.82, 2.24) is 14.8 Å². The number of fused-ring (bicyclic) bond motifs is 1. The number of nitrogens with zero attached hydrogens (tertiary/aromatic N) is 3. The van der Waals surface area contributed by atoms with E-state index in [1.165, 1.54) is 11.8 Å². The second-order valence-electron chi connectivity index (χ2n) is 5.17. The number of allylic oxidation sites excluding steroid dienone is 1. The summed E-state index contributed by atoms with van der Waals surface area (Å²) in [5.74, 6) is 0.189. The molecule has 1 N–H and O–H groups in total. The monoisotopic (exact) mass is 364 g/mol. The van der Waals surface area contributed by atoms with E-state index in [-0.39, 0.29) is 5.97 Å². The van der Waals surface area contributed by atoms with Crippen molar-refractivity contribution in [3.05, 3.63) is 46.1 Å². The number of halogens is 1. The van der Waals surface area contributed by atoms with Gasteiger partial charge in [-0.2, -0.15) is 4.98 Å². The maximum Gasteiger partial charge on any atom is 0.338 e. The molecular formula is C16H17ClN4O2S. The van der Waals surface area contributed by atoms with Crippen LogP contribution in [0.2, 0.25) is 5.02 Å². The normalized spacial score (nSPS) is 16.6. The summed E-state index contributed by atoms with van der Waals surface area (Å²) >= 11 is 7.83. The van der Waals surface area contributed by atoms with Crippen molar-refractivity contribution in [3.63, 3.8) is 0 Å². The number of carbonyl (C=O) groups is 1. The Morgan fingerprint density at radius 1 is 1.46 bits per heavy atom. The van der Waals surface area contributed by atoms with Crippen LogP contribution in [0.4, 0.5) is 5.95 Å². The largest absolute Gasteiger partial charge is 0.463 e. The summed E-state index contributed by atoms with van der Waals surface area (Å²) in [7, 11) is 0. The number of aromatic nitrogens is 3. The van der Waals surface area contributed by atoms with E-state index in [1.54, 1.807) is 17.7 Å². The minimum atomic E-state index is -0.484. The molecule has 0 bridgehead atoms. The highest BCUT2D eigenvalue weighted by molar-refractivity contribution is 7.98. The predicted molar refractivity (Wildman–Crippen MR) is 94.3 cm³/mol. The molecule has 1 aromatic carbocycles. The number of anilines is 1. The van der Waals surface area contributed by atoms with Gasteiger partial charge in [0.2, 0.25) is 11.1 Å². The average molecular weight is 365 g/mol. The van der Waals surface area contributed by atoms with Gasteiger partial charge in [0.1, 0.15) is 6.04 Å². The van der Waals surface area contributed by atoms with Crippen LogP contribution < -0.4 is 5.32 Å². The van der Waals surface area contributed by atoms with Crippen molar-refractivity contribution in [2.75, 3.05) is 18.2 Å². The molecule has 2 aromatic rings. The SMILES string of the molecule is CCOC(=O)C1=C(C)Nc2nc(SC)nn2C1c1ccccc1Cl. The second-order valence-corrected chi connectivity index (χ2v) is 6.36. The third-order valence-corrected chi connectivity index (χ3v) is 4.59. The molecule has 2 heterocycles. The van der Waals surface area contributed by atoms with E-state index in [4.69, 9.17) is 16.3 Å². The van der Waals surface area contributed by atoms with E-state index in [9.17, 15) is 4.79 Å². The van der Waals surface area contributed by atoms with Gasteiger partial charge in [-0.25, -0.2) is 9.48 Å². The third-order valence-electron chi connectivity index (χ3n) is 3.71. The van der Waals surface area contributed by atoms with Crippen molar-refractivity contribution in [1.29, 1.82) is 0 Å². The zero-order chi connectivity index (χ0) is 17.3. The first-order chi connectivity index (χ1) is 11.6. The molecule has 0 aliphatic carbocycles. The van der Waals surface area contributed by atoms with Gasteiger partial charge in [0.15, 0.2) is 0 Å². The maximum atomic E-state index is 12.6. The lowest BCUT2D eigenvalue weighted by Gasteiger charge is -2.28. The Balaban J connectivity index is 2.20. The summed E-state index contributed by atoms with van der Waals surface area (Å²) in [6.45, 7) is 3.90. The number of ether oxygens (including phenoxy) is 1. The topological polar surface area (TPSA) is 69.0 Å². The van der Waals surface area contributed by atoms with Gasteiger partial charge >= 0.3 is 5.97 Å². The fraction of sp³-hybridized carbons (Fsp3) is 0.312. The van der Waals surface area contributed by atoms with Gasteiger partial charge < -0.3 is 10.1 Å². The predicted octanol–water partition coefficient (Wildman–Crippen LogP) is 3.51. The smallest absolute Gasteiger partial charge is 0.338 e. The quantitative estimate of drug-likeness (QED) is 0.661. The standard InChI is InChI=1S/C16H17ClN4O2S/c1-4-23-14(22)12-9(2)18-15-19-16(24-3)20-21(15)13(12)10-7-5-6-8-11(10)17/h5-8,13H,4H2,1-3H3,(H,18,19,20). The molecule has 0 saturated heterocycles. The molecule has 24 heavy (non-hydrogen) atoms. The molecule has 6 nitrogen and oxygen atoms in total. The lowest BCUT2D eigenvalue weighted by Crippen LogP contribution is -2.29. The first-order valence-electron chi connectivity index (χ1n) is 7.46. The van der Waals surface area contributed by atoms with Gasteiger partial charge in [0.05, 0.1) is 12.2 Å². The molecule has 1 aromatic heterocycles. The minimum absolute atomic E-state index is 0.297. The fourth-order valence-corrected chi connectivity index (χ4v) is 3.26. The Morgan fingerprint density at radius 2 is 2.21 bits per heavy atom. The lowest BCUT2D eigenvalue weighted by molar-refractivity contribution is -0.139. The summed E-state index contributed by atoms with van der Waals surface area (Å²) in [6, 6.07) is 6.93. The third kappa shape index (κ3) is 2.89. The van der Waals surface area contributed by atoms with E-state index < -0.39 is 6.04 Å². The molecule has 1 aliphatic rings. The Labute approximate surface area is 149 Å². The van der Waals surface area contributed by atoms with E-state index in [2.05, 4.69) is 15.4 Å². The summed E-state index contributed by atoms with van der Waals surface area (Å²) in [5.41, 5.74) is 1.95. The molecule has 1 unspecified atom stereocenters. The van der Waals surface area contributed by atoms with Crippen molar-refractivity contribution in [2.45, 2.75) is 25.0 Å². The van der Waals surface area contributed by atoms with Crippen LogP contribution in [0.15, 0.2) is 40.7 Å². The average Bonchev–Trinajstić information content (AvgIpc) is 2.97. The molecule has 3 rings (SSSR count). The second kappa shape index (κ2) is 6.86. The van der Waals surface area contributed by atoms with Gasteiger partial charge in [0.25, 0.3) is 0 Å². The Hall–Kier alpha value is -1.99. The van der Waals surface area contributed by atoms with Crippen LogP contribution >= 0.6 is 23.4 Å². The zero-order valence-corrected chi connectivity index (χ0v) is 15.1. The Kier molecular flexibility index (Phi) is 4.82. The van der Waals surface area contributed by atoms with Crippen molar-refractivity contribution in [3.8, 4) is 0 Å². The minimum Gasteiger partial charge on any atom is -0.463 e. The highest BCUT2D eigenvalue weighted by atomic mass is 35.5. The summed E-state index contributed by atoms with van der Waals surface area (Å²) in [4.78, 5) is 17.0. The summed E-state index contributed by atoms with van der Waals surface area (Å²) in [6.07, 6.45) is 1.90. The first kappa shape index (κ1) is 16.9. The van der Waals surface area contributed by atoms with E-state index in [0.29, 0.717) is 34.0 Å². The van der Waals surface area contributed by atoms with Crippen molar-refractivity contribution >= 4 is 35.3 Å². The van der Waals surface area contributed by atoms with Gasteiger partial charge in [-0.05, 0) is 26.2 Å². The number of hydrogen-bond donors (Lipinski definition) is 1. The Morgan fingerprint density at radius 3 is 2.88 bits per heavy atom.